The summed E-state index contributed by atoms with van der Waals surface area (Å²) < 4.78 is 22.7. The lowest BCUT2D eigenvalue weighted by Gasteiger charge is -2.20. The summed E-state index contributed by atoms with van der Waals surface area (Å²) in [6, 6.07) is 6.85. The second-order valence-corrected chi connectivity index (χ2v) is 5.75. The number of nitrogens with one attached hydrogen (secondary N) is 1. The predicted molar refractivity (Wildman–Crippen MR) is 65.7 cm³/mol. The number of primary sulfonamides is 1. The van der Waals surface area contributed by atoms with Gasteiger partial charge >= 0.3 is 0 Å². The second kappa shape index (κ2) is 4.84. The Kier molecular flexibility index (Phi) is 3.93. The molecule has 0 aliphatic heterocycles. The first-order chi connectivity index (χ1) is 7.32. The molecule has 1 aromatic carbocycles. The highest BCUT2D eigenvalue weighted by molar-refractivity contribution is 7.89. The molecule has 0 heterocycles. The fourth-order valence-electron chi connectivity index (χ4n) is 1.25. The lowest BCUT2D eigenvalue weighted by molar-refractivity contribution is 0.558. The molecule has 0 aromatic heterocycles. The van der Waals surface area contributed by atoms with E-state index in [4.69, 9.17) is 5.14 Å². The zero-order valence-electron chi connectivity index (χ0n) is 9.77. The van der Waals surface area contributed by atoms with Gasteiger partial charge in [-0.3, -0.25) is 0 Å². The van der Waals surface area contributed by atoms with E-state index in [0.29, 0.717) is 11.6 Å². The van der Waals surface area contributed by atoms with Crippen LogP contribution in [0.5, 0.6) is 0 Å². The molecular weight excluding hydrogens is 224 g/mol. The van der Waals surface area contributed by atoms with Gasteiger partial charge in [0, 0.05) is 6.04 Å². The van der Waals surface area contributed by atoms with Crippen LogP contribution in [0.15, 0.2) is 29.2 Å². The molecule has 0 saturated carbocycles. The van der Waals surface area contributed by atoms with Crippen LogP contribution in [-0.4, -0.2) is 14.5 Å². The molecule has 4 nitrogen and oxygen atoms in total. The van der Waals surface area contributed by atoms with Crippen LogP contribution in [0.1, 0.15) is 20.8 Å². The Labute approximate surface area is 96.9 Å². The van der Waals surface area contributed by atoms with Crippen molar-refractivity contribution in [3.8, 4) is 0 Å². The van der Waals surface area contributed by atoms with Gasteiger partial charge in [-0.05, 0) is 25.0 Å². The Bertz CT molecular complexity index is 455. The normalized spacial score (nSPS) is 13.8. The van der Waals surface area contributed by atoms with Crippen LogP contribution in [0.4, 0.5) is 5.69 Å². The first-order valence-corrected chi connectivity index (χ1v) is 6.75. The van der Waals surface area contributed by atoms with E-state index in [0.717, 1.165) is 0 Å². The third-order valence-corrected chi connectivity index (χ3v) is 3.55. The van der Waals surface area contributed by atoms with E-state index in [-0.39, 0.29) is 10.9 Å². The zero-order valence-corrected chi connectivity index (χ0v) is 10.6. The summed E-state index contributed by atoms with van der Waals surface area (Å²) in [6.45, 7) is 6.14. The minimum absolute atomic E-state index is 0.141. The highest BCUT2D eigenvalue weighted by atomic mass is 32.2. The third-order valence-electron chi connectivity index (χ3n) is 2.58. The van der Waals surface area contributed by atoms with Gasteiger partial charge in [-0.25, -0.2) is 13.6 Å². The van der Waals surface area contributed by atoms with E-state index in [1.54, 1.807) is 18.2 Å². The van der Waals surface area contributed by atoms with E-state index in [2.05, 4.69) is 19.2 Å². The van der Waals surface area contributed by atoms with Crippen LogP contribution >= 0.6 is 0 Å². The zero-order chi connectivity index (χ0) is 12.3. The maximum Gasteiger partial charge on any atom is 0.240 e. The van der Waals surface area contributed by atoms with Crippen molar-refractivity contribution in [1.82, 2.24) is 0 Å². The number of nitrogens with two attached hydrogens (primary N) is 1. The standard InChI is InChI=1S/C11H18N2O2S/c1-8(2)9(3)13-10-6-4-5-7-11(10)16(12,14)15/h4-9,13H,1-3H3,(H2,12,14,15)/t9-/m1/s1. The quantitative estimate of drug-likeness (QED) is 0.845. The molecule has 0 fully saturated rings. The van der Waals surface area contributed by atoms with Gasteiger partial charge in [0.25, 0.3) is 0 Å². The Hall–Kier alpha value is -1.07. The maximum absolute atomic E-state index is 11.3. The fourth-order valence-corrected chi connectivity index (χ4v) is 1.95. The molecule has 0 unspecified atom stereocenters. The molecule has 0 saturated heterocycles. The Morgan fingerprint density at radius 3 is 2.25 bits per heavy atom. The SMILES string of the molecule is CC(C)[C@@H](C)Nc1ccccc1S(N)(=O)=O. The average Bonchev–Trinajstić information content (AvgIpc) is 2.16. The lowest BCUT2D eigenvalue weighted by atomic mass is 10.1. The number of para-hydroxylation sites is 1. The number of hydrogen-bond acceptors (Lipinski definition) is 3. The number of sulfonamides is 1. The van der Waals surface area contributed by atoms with E-state index < -0.39 is 10.0 Å². The molecule has 5 heteroatoms. The van der Waals surface area contributed by atoms with Crippen LogP contribution in [-0.2, 0) is 10.0 Å². The van der Waals surface area contributed by atoms with Crippen LogP contribution in [0, 0.1) is 5.92 Å². The minimum atomic E-state index is -3.67. The maximum atomic E-state index is 11.3. The van der Waals surface area contributed by atoms with Crippen molar-refractivity contribution >= 4 is 15.7 Å². The van der Waals surface area contributed by atoms with Gasteiger partial charge < -0.3 is 5.32 Å². The predicted octanol–water partition coefficient (Wildman–Crippen LogP) is 1.79. The van der Waals surface area contributed by atoms with E-state index in [9.17, 15) is 8.42 Å². The van der Waals surface area contributed by atoms with Gasteiger partial charge in [0.05, 0.1) is 5.69 Å². The molecule has 0 radical (unpaired) electrons. The van der Waals surface area contributed by atoms with E-state index >= 15 is 0 Å². The molecule has 1 atom stereocenters. The summed E-state index contributed by atoms with van der Waals surface area (Å²) >= 11 is 0. The molecular formula is C11H18N2O2S. The Morgan fingerprint density at radius 2 is 1.75 bits per heavy atom. The van der Waals surface area contributed by atoms with Crippen molar-refractivity contribution in [3.05, 3.63) is 24.3 Å². The molecule has 90 valence electrons. The molecule has 1 rings (SSSR count). The number of rotatable bonds is 4. The highest BCUT2D eigenvalue weighted by Gasteiger charge is 2.15. The minimum Gasteiger partial charge on any atom is -0.381 e. The van der Waals surface area contributed by atoms with Crippen LogP contribution < -0.4 is 10.5 Å². The van der Waals surface area contributed by atoms with Crippen LogP contribution in [0.25, 0.3) is 0 Å². The third kappa shape index (κ3) is 3.21. The molecule has 0 aliphatic rings. The molecule has 0 spiro atoms. The average molecular weight is 242 g/mol. The van der Waals surface area contributed by atoms with Gasteiger partial charge in [0.1, 0.15) is 4.90 Å². The van der Waals surface area contributed by atoms with Gasteiger partial charge in [-0.1, -0.05) is 26.0 Å². The topological polar surface area (TPSA) is 72.2 Å². The number of benzene rings is 1. The molecule has 0 bridgehead atoms. The summed E-state index contributed by atoms with van der Waals surface area (Å²) in [4.78, 5) is 0.141. The molecule has 0 aliphatic carbocycles. The lowest BCUT2D eigenvalue weighted by Crippen LogP contribution is -2.24. The smallest absolute Gasteiger partial charge is 0.240 e. The molecule has 3 N–H and O–H groups in total. The molecule has 16 heavy (non-hydrogen) atoms. The monoisotopic (exact) mass is 242 g/mol. The summed E-state index contributed by atoms with van der Waals surface area (Å²) in [5, 5.41) is 8.30. The van der Waals surface area contributed by atoms with Crippen molar-refractivity contribution < 1.29 is 8.42 Å². The number of anilines is 1. The van der Waals surface area contributed by atoms with Crippen molar-refractivity contribution in [1.29, 1.82) is 0 Å². The fraction of sp³-hybridized carbons (Fsp3) is 0.455. The summed E-state index contributed by atoms with van der Waals surface area (Å²) in [7, 11) is -3.67. The van der Waals surface area contributed by atoms with Gasteiger partial charge in [0.15, 0.2) is 0 Å². The van der Waals surface area contributed by atoms with Crippen molar-refractivity contribution in [3.63, 3.8) is 0 Å². The van der Waals surface area contributed by atoms with Gasteiger partial charge in [0.2, 0.25) is 10.0 Å². The van der Waals surface area contributed by atoms with Crippen molar-refractivity contribution in [2.75, 3.05) is 5.32 Å². The van der Waals surface area contributed by atoms with E-state index in [1.165, 1.54) is 6.07 Å². The number of hydrogen-bond donors (Lipinski definition) is 2. The Balaban J connectivity index is 3.06. The first kappa shape index (κ1) is 13.0. The Morgan fingerprint density at radius 1 is 1.19 bits per heavy atom. The largest absolute Gasteiger partial charge is 0.381 e. The summed E-state index contributed by atoms with van der Waals surface area (Å²) in [6.07, 6.45) is 0. The van der Waals surface area contributed by atoms with Crippen molar-refractivity contribution in [2.24, 2.45) is 11.1 Å². The van der Waals surface area contributed by atoms with Crippen molar-refractivity contribution in [2.45, 2.75) is 31.7 Å². The highest BCUT2D eigenvalue weighted by Crippen LogP contribution is 2.21. The molecule has 0 amide bonds. The van der Waals surface area contributed by atoms with Gasteiger partial charge in [-0.15, -0.1) is 0 Å². The van der Waals surface area contributed by atoms with E-state index in [1.807, 2.05) is 6.92 Å². The second-order valence-electron chi connectivity index (χ2n) is 4.22. The summed E-state index contributed by atoms with van der Waals surface area (Å²) in [5.74, 6) is 0.411. The van der Waals surface area contributed by atoms with Crippen LogP contribution in [0.2, 0.25) is 0 Å². The molecule has 1 aromatic rings. The van der Waals surface area contributed by atoms with Gasteiger partial charge in [-0.2, -0.15) is 0 Å². The summed E-state index contributed by atoms with van der Waals surface area (Å²) in [5.41, 5.74) is 0.561. The first-order valence-electron chi connectivity index (χ1n) is 5.20. The van der Waals surface area contributed by atoms with Crippen LogP contribution in [0.3, 0.4) is 0 Å².